The summed E-state index contributed by atoms with van der Waals surface area (Å²) in [5.74, 6) is 0.843. The van der Waals surface area contributed by atoms with Crippen molar-refractivity contribution in [1.29, 1.82) is 0 Å². The van der Waals surface area contributed by atoms with Gasteiger partial charge < -0.3 is 19.7 Å². The Labute approximate surface area is 197 Å². The Bertz CT molecular complexity index is 1160. The zero-order valence-electron chi connectivity index (χ0n) is 18.5. The number of hydrogen-bond donors (Lipinski definition) is 1. The highest BCUT2D eigenvalue weighted by Crippen LogP contribution is 2.27. The second kappa shape index (κ2) is 9.95. The second-order valence-corrected chi connectivity index (χ2v) is 8.12. The lowest BCUT2D eigenvalue weighted by atomic mass is 10.1. The van der Waals surface area contributed by atoms with Crippen LogP contribution in [0.2, 0.25) is 5.02 Å². The van der Waals surface area contributed by atoms with Crippen LogP contribution in [-0.4, -0.2) is 53.8 Å². The van der Waals surface area contributed by atoms with Crippen molar-refractivity contribution in [3.05, 3.63) is 76.1 Å². The Morgan fingerprint density at radius 2 is 1.76 bits per heavy atom. The lowest BCUT2D eigenvalue weighted by Gasteiger charge is -2.27. The number of aromatic nitrogens is 2. The van der Waals surface area contributed by atoms with Crippen LogP contribution in [0.15, 0.2) is 48.5 Å². The van der Waals surface area contributed by atoms with Gasteiger partial charge >= 0.3 is 0 Å². The summed E-state index contributed by atoms with van der Waals surface area (Å²) in [7, 11) is 3.17. The van der Waals surface area contributed by atoms with E-state index in [2.05, 4.69) is 10.4 Å². The van der Waals surface area contributed by atoms with Crippen LogP contribution in [0.3, 0.4) is 0 Å². The van der Waals surface area contributed by atoms with E-state index >= 15 is 0 Å². The standard InChI is InChI=1S/C24H25ClN4O4/c1-32-21-8-5-16(13-22(21)33-2)9-10-26-23(30)19-14-20-24(31)28(11-12-29(20)27-19)15-17-3-6-18(25)7-4-17/h3-8,13-14H,9-12,15H2,1-2H3,(H,26,30). The van der Waals surface area contributed by atoms with E-state index in [0.29, 0.717) is 54.8 Å². The van der Waals surface area contributed by atoms with Crippen molar-refractivity contribution < 1.29 is 19.1 Å². The van der Waals surface area contributed by atoms with Gasteiger partial charge in [-0.3, -0.25) is 14.3 Å². The molecule has 2 amide bonds. The number of benzene rings is 2. The Hall–Kier alpha value is -3.52. The van der Waals surface area contributed by atoms with E-state index in [9.17, 15) is 9.59 Å². The molecule has 0 saturated heterocycles. The molecule has 1 aliphatic rings. The Kier molecular flexibility index (Phi) is 6.84. The summed E-state index contributed by atoms with van der Waals surface area (Å²) in [6, 6.07) is 14.6. The van der Waals surface area contributed by atoms with Crippen molar-refractivity contribution in [1.82, 2.24) is 20.0 Å². The van der Waals surface area contributed by atoms with Gasteiger partial charge in [0.25, 0.3) is 11.8 Å². The normalized spacial score (nSPS) is 12.9. The number of carbonyl (C=O) groups is 2. The molecule has 0 radical (unpaired) electrons. The van der Waals surface area contributed by atoms with E-state index in [0.717, 1.165) is 11.1 Å². The zero-order valence-corrected chi connectivity index (χ0v) is 19.3. The minimum Gasteiger partial charge on any atom is -0.493 e. The van der Waals surface area contributed by atoms with E-state index in [4.69, 9.17) is 21.1 Å². The fourth-order valence-corrected chi connectivity index (χ4v) is 3.88. The molecular formula is C24H25ClN4O4. The van der Waals surface area contributed by atoms with Crippen LogP contribution in [0.25, 0.3) is 0 Å². The van der Waals surface area contributed by atoms with Gasteiger partial charge in [-0.05, 0) is 41.8 Å². The molecule has 0 spiro atoms. The molecule has 172 valence electrons. The van der Waals surface area contributed by atoms with Gasteiger partial charge in [-0.1, -0.05) is 29.8 Å². The Balaban J connectivity index is 1.36. The number of hydrogen-bond acceptors (Lipinski definition) is 5. The SMILES string of the molecule is COc1ccc(CCNC(=O)c2cc3n(n2)CCN(Cc2ccc(Cl)cc2)C3=O)cc1OC. The van der Waals surface area contributed by atoms with Crippen molar-refractivity contribution in [3.8, 4) is 11.5 Å². The summed E-state index contributed by atoms with van der Waals surface area (Å²) < 4.78 is 12.2. The summed E-state index contributed by atoms with van der Waals surface area (Å²) in [5.41, 5.74) is 2.65. The van der Waals surface area contributed by atoms with E-state index in [1.165, 1.54) is 0 Å². The number of methoxy groups -OCH3 is 2. The van der Waals surface area contributed by atoms with Crippen molar-refractivity contribution >= 4 is 23.4 Å². The van der Waals surface area contributed by atoms with Crippen LogP contribution in [0, 0.1) is 0 Å². The molecule has 1 N–H and O–H groups in total. The monoisotopic (exact) mass is 468 g/mol. The van der Waals surface area contributed by atoms with E-state index in [1.807, 2.05) is 30.3 Å². The van der Waals surface area contributed by atoms with Gasteiger partial charge in [0.2, 0.25) is 0 Å². The summed E-state index contributed by atoms with van der Waals surface area (Å²) in [5, 5.41) is 7.86. The molecule has 33 heavy (non-hydrogen) atoms. The maximum absolute atomic E-state index is 12.9. The number of nitrogens with one attached hydrogen (secondary N) is 1. The summed E-state index contributed by atoms with van der Waals surface area (Å²) in [6.07, 6.45) is 0.619. The highest BCUT2D eigenvalue weighted by Gasteiger charge is 2.27. The maximum Gasteiger partial charge on any atom is 0.272 e. The van der Waals surface area contributed by atoms with Gasteiger partial charge in [0.05, 0.1) is 20.8 Å². The predicted molar refractivity (Wildman–Crippen MR) is 124 cm³/mol. The van der Waals surface area contributed by atoms with Crippen LogP contribution < -0.4 is 14.8 Å². The summed E-state index contributed by atoms with van der Waals surface area (Å²) in [6.45, 7) is 1.96. The number of fused-ring (bicyclic) bond motifs is 1. The molecule has 1 aliphatic heterocycles. The molecule has 0 unspecified atom stereocenters. The highest BCUT2D eigenvalue weighted by atomic mass is 35.5. The first-order valence-electron chi connectivity index (χ1n) is 10.6. The van der Waals surface area contributed by atoms with Crippen molar-refractivity contribution in [2.45, 2.75) is 19.5 Å². The van der Waals surface area contributed by atoms with Gasteiger partial charge in [-0.25, -0.2) is 0 Å². The smallest absolute Gasteiger partial charge is 0.272 e. The number of rotatable bonds is 8. The third-order valence-electron chi connectivity index (χ3n) is 5.53. The molecule has 0 aliphatic carbocycles. The lowest BCUT2D eigenvalue weighted by molar-refractivity contribution is 0.0683. The first-order chi connectivity index (χ1) is 16.0. The number of amides is 2. The van der Waals surface area contributed by atoms with Crippen LogP contribution in [0.1, 0.15) is 32.1 Å². The van der Waals surface area contributed by atoms with Crippen molar-refractivity contribution in [2.75, 3.05) is 27.3 Å². The van der Waals surface area contributed by atoms with Crippen LogP contribution in [0.5, 0.6) is 11.5 Å². The van der Waals surface area contributed by atoms with E-state index in [1.54, 1.807) is 42.0 Å². The highest BCUT2D eigenvalue weighted by molar-refractivity contribution is 6.30. The van der Waals surface area contributed by atoms with Gasteiger partial charge in [0, 0.05) is 30.7 Å². The van der Waals surface area contributed by atoms with Crippen LogP contribution >= 0.6 is 11.6 Å². The largest absolute Gasteiger partial charge is 0.493 e. The fourth-order valence-electron chi connectivity index (χ4n) is 3.76. The molecular weight excluding hydrogens is 444 g/mol. The number of halogens is 1. The van der Waals surface area contributed by atoms with Crippen molar-refractivity contribution in [3.63, 3.8) is 0 Å². The number of nitrogens with zero attached hydrogens (tertiary/aromatic N) is 3. The van der Waals surface area contributed by atoms with Crippen molar-refractivity contribution in [2.24, 2.45) is 0 Å². The quantitative estimate of drug-likeness (QED) is 0.548. The third-order valence-corrected chi connectivity index (χ3v) is 5.79. The second-order valence-electron chi connectivity index (χ2n) is 7.69. The molecule has 2 heterocycles. The first kappa shape index (κ1) is 22.7. The molecule has 2 aromatic carbocycles. The topological polar surface area (TPSA) is 85.7 Å². The van der Waals surface area contributed by atoms with Gasteiger partial charge in [0.15, 0.2) is 17.2 Å². The zero-order chi connectivity index (χ0) is 23.4. The third kappa shape index (κ3) is 5.12. The molecule has 4 rings (SSSR count). The minimum atomic E-state index is -0.311. The average Bonchev–Trinajstić information content (AvgIpc) is 3.27. The molecule has 0 saturated carbocycles. The average molecular weight is 469 g/mol. The Morgan fingerprint density at radius 1 is 1.03 bits per heavy atom. The maximum atomic E-state index is 12.9. The number of ether oxygens (including phenoxy) is 2. The van der Waals surface area contributed by atoms with Crippen LogP contribution in [0.4, 0.5) is 0 Å². The number of carbonyl (C=O) groups excluding carboxylic acids is 2. The Morgan fingerprint density at radius 3 is 2.48 bits per heavy atom. The molecule has 0 fully saturated rings. The summed E-state index contributed by atoms with van der Waals surface area (Å²) in [4.78, 5) is 27.3. The molecule has 3 aromatic rings. The first-order valence-corrected chi connectivity index (χ1v) is 11.0. The van der Waals surface area contributed by atoms with E-state index in [-0.39, 0.29) is 17.5 Å². The van der Waals surface area contributed by atoms with Gasteiger partial charge in [-0.2, -0.15) is 5.10 Å². The molecule has 0 atom stereocenters. The summed E-state index contributed by atoms with van der Waals surface area (Å²) >= 11 is 5.94. The van der Waals surface area contributed by atoms with Gasteiger partial charge in [0.1, 0.15) is 5.69 Å². The van der Waals surface area contributed by atoms with Gasteiger partial charge in [-0.15, -0.1) is 0 Å². The fraction of sp³-hybridized carbons (Fsp3) is 0.292. The molecule has 0 bridgehead atoms. The van der Waals surface area contributed by atoms with Crippen LogP contribution in [-0.2, 0) is 19.5 Å². The molecule has 8 nitrogen and oxygen atoms in total. The minimum absolute atomic E-state index is 0.145. The molecule has 9 heteroatoms. The predicted octanol–water partition coefficient (Wildman–Crippen LogP) is 3.18. The lowest BCUT2D eigenvalue weighted by Crippen LogP contribution is -2.39. The van der Waals surface area contributed by atoms with E-state index < -0.39 is 0 Å². The molecule has 1 aromatic heterocycles.